The van der Waals surface area contributed by atoms with E-state index in [-0.39, 0.29) is 18.4 Å². The molecule has 0 saturated carbocycles. The van der Waals surface area contributed by atoms with E-state index in [1.165, 1.54) is 5.56 Å². The molecular formula is C21H22N4O2. The van der Waals surface area contributed by atoms with E-state index in [0.29, 0.717) is 5.69 Å². The largest absolute Gasteiger partial charge is 0.464 e. The fourth-order valence-electron chi connectivity index (χ4n) is 3.29. The second-order valence-corrected chi connectivity index (χ2v) is 7.19. The molecule has 0 radical (unpaired) electrons. The van der Waals surface area contributed by atoms with E-state index in [1.54, 1.807) is 18.7 Å². The minimum Gasteiger partial charge on any atom is -0.464 e. The normalized spacial score (nSPS) is 11.6. The standard InChI is InChI=1S/C21H22N4O2/c1-12(2)25-21-15(9-23-25)7-17(10-22-21)24-19(26)8-16-11-27-20-14(4)13(3)5-6-18(16)20/h5-7,9-12H,8H2,1-4H3,(H,24,26). The van der Waals surface area contributed by atoms with Crippen LogP contribution >= 0.6 is 0 Å². The Balaban J connectivity index is 1.54. The first-order chi connectivity index (χ1) is 12.9. The zero-order chi connectivity index (χ0) is 19.1. The van der Waals surface area contributed by atoms with Gasteiger partial charge in [0.25, 0.3) is 0 Å². The predicted molar refractivity (Wildman–Crippen MR) is 106 cm³/mol. The van der Waals surface area contributed by atoms with Gasteiger partial charge in [0.15, 0.2) is 5.65 Å². The van der Waals surface area contributed by atoms with Gasteiger partial charge in [0.05, 0.1) is 30.8 Å². The lowest BCUT2D eigenvalue weighted by atomic mass is 10.0. The number of amides is 1. The number of rotatable bonds is 4. The molecule has 0 bridgehead atoms. The Bertz CT molecular complexity index is 1150. The summed E-state index contributed by atoms with van der Waals surface area (Å²) in [5, 5.41) is 9.17. The number of carbonyl (C=O) groups is 1. The number of pyridine rings is 1. The van der Waals surface area contributed by atoms with E-state index >= 15 is 0 Å². The number of nitrogens with one attached hydrogen (secondary N) is 1. The Labute approximate surface area is 157 Å². The molecule has 0 spiro atoms. The topological polar surface area (TPSA) is 73.0 Å². The maximum absolute atomic E-state index is 12.5. The molecule has 3 heterocycles. The number of nitrogens with zero attached hydrogens (tertiary/aromatic N) is 3. The Morgan fingerprint density at radius 2 is 2.07 bits per heavy atom. The second-order valence-electron chi connectivity index (χ2n) is 7.19. The van der Waals surface area contributed by atoms with Gasteiger partial charge in [0, 0.05) is 22.4 Å². The monoisotopic (exact) mass is 362 g/mol. The summed E-state index contributed by atoms with van der Waals surface area (Å²) in [6.07, 6.45) is 5.36. The van der Waals surface area contributed by atoms with Gasteiger partial charge in [-0.2, -0.15) is 5.10 Å². The molecule has 0 unspecified atom stereocenters. The maximum Gasteiger partial charge on any atom is 0.228 e. The predicted octanol–water partition coefficient (Wildman–Crippen LogP) is 4.56. The van der Waals surface area contributed by atoms with Crippen molar-refractivity contribution in [2.24, 2.45) is 0 Å². The van der Waals surface area contributed by atoms with Gasteiger partial charge >= 0.3 is 0 Å². The van der Waals surface area contributed by atoms with Crippen LogP contribution in [0.15, 0.2) is 41.3 Å². The van der Waals surface area contributed by atoms with Crippen molar-refractivity contribution in [3.8, 4) is 0 Å². The summed E-state index contributed by atoms with van der Waals surface area (Å²) in [5.74, 6) is -0.103. The fourth-order valence-corrected chi connectivity index (χ4v) is 3.29. The Hall–Kier alpha value is -3.15. The fraction of sp³-hybridized carbons (Fsp3) is 0.286. The molecule has 0 saturated heterocycles. The summed E-state index contributed by atoms with van der Waals surface area (Å²) in [6.45, 7) is 8.20. The molecule has 4 aromatic rings. The minimum atomic E-state index is -0.103. The van der Waals surface area contributed by atoms with E-state index in [4.69, 9.17) is 4.42 Å². The Morgan fingerprint density at radius 3 is 2.85 bits per heavy atom. The van der Waals surface area contributed by atoms with Gasteiger partial charge < -0.3 is 9.73 Å². The molecule has 0 aliphatic carbocycles. The van der Waals surface area contributed by atoms with Crippen molar-refractivity contribution in [3.05, 3.63) is 53.5 Å². The minimum absolute atomic E-state index is 0.103. The van der Waals surface area contributed by atoms with Crippen LogP contribution in [0, 0.1) is 13.8 Å². The highest BCUT2D eigenvalue weighted by Gasteiger charge is 2.14. The SMILES string of the molecule is Cc1ccc2c(CC(=O)Nc3cnc4c(cnn4C(C)C)c3)coc2c1C. The smallest absolute Gasteiger partial charge is 0.228 e. The third-order valence-electron chi connectivity index (χ3n) is 4.90. The number of carbonyl (C=O) groups excluding carboxylic acids is 1. The molecule has 3 aromatic heterocycles. The number of hydrogen-bond acceptors (Lipinski definition) is 4. The molecular weight excluding hydrogens is 340 g/mol. The van der Waals surface area contributed by atoms with Gasteiger partial charge in [-0.05, 0) is 44.9 Å². The Morgan fingerprint density at radius 1 is 1.26 bits per heavy atom. The van der Waals surface area contributed by atoms with E-state index in [9.17, 15) is 4.79 Å². The number of hydrogen-bond donors (Lipinski definition) is 1. The molecule has 1 amide bonds. The van der Waals surface area contributed by atoms with Crippen molar-refractivity contribution in [2.75, 3.05) is 5.32 Å². The second kappa shape index (κ2) is 6.54. The van der Waals surface area contributed by atoms with Crippen LogP contribution in [-0.2, 0) is 11.2 Å². The number of furan rings is 1. The molecule has 0 fully saturated rings. The number of anilines is 1. The summed E-state index contributed by atoms with van der Waals surface area (Å²) >= 11 is 0. The Kier molecular flexibility index (Phi) is 4.18. The van der Waals surface area contributed by atoms with Gasteiger partial charge in [-0.3, -0.25) is 4.79 Å². The van der Waals surface area contributed by atoms with E-state index in [2.05, 4.69) is 35.3 Å². The van der Waals surface area contributed by atoms with Crippen molar-refractivity contribution in [1.82, 2.24) is 14.8 Å². The average Bonchev–Trinajstić information content (AvgIpc) is 3.22. The van der Waals surface area contributed by atoms with Crippen LogP contribution in [0.2, 0.25) is 0 Å². The first-order valence-electron chi connectivity index (χ1n) is 9.03. The van der Waals surface area contributed by atoms with Crippen LogP contribution in [0.25, 0.3) is 22.0 Å². The van der Waals surface area contributed by atoms with Crippen LogP contribution in [0.5, 0.6) is 0 Å². The van der Waals surface area contributed by atoms with E-state index < -0.39 is 0 Å². The van der Waals surface area contributed by atoms with Crippen LogP contribution in [0.4, 0.5) is 5.69 Å². The van der Waals surface area contributed by atoms with E-state index in [1.807, 2.05) is 30.7 Å². The number of benzene rings is 1. The molecule has 138 valence electrons. The zero-order valence-corrected chi connectivity index (χ0v) is 15.9. The summed E-state index contributed by atoms with van der Waals surface area (Å²) in [7, 11) is 0. The highest BCUT2D eigenvalue weighted by molar-refractivity contribution is 5.96. The van der Waals surface area contributed by atoms with Gasteiger partial charge in [-0.25, -0.2) is 9.67 Å². The van der Waals surface area contributed by atoms with Gasteiger partial charge in [0.2, 0.25) is 5.91 Å². The lowest BCUT2D eigenvalue weighted by molar-refractivity contribution is -0.115. The first kappa shape index (κ1) is 17.3. The van der Waals surface area contributed by atoms with Crippen molar-refractivity contribution in [2.45, 2.75) is 40.2 Å². The molecule has 0 aliphatic rings. The van der Waals surface area contributed by atoms with E-state index in [0.717, 1.165) is 33.1 Å². The third-order valence-corrected chi connectivity index (χ3v) is 4.90. The molecule has 4 rings (SSSR count). The van der Waals surface area contributed by atoms with Crippen molar-refractivity contribution in [1.29, 1.82) is 0 Å². The summed E-state index contributed by atoms with van der Waals surface area (Å²) < 4.78 is 7.56. The molecule has 1 aromatic carbocycles. The number of aromatic nitrogens is 3. The van der Waals surface area contributed by atoms with Crippen molar-refractivity contribution in [3.63, 3.8) is 0 Å². The lowest BCUT2D eigenvalue weighted by Gasteiger charge is -2.07. The highest BCUT2D eigenvalue weighted by atomic mass is 16.3. The van der Waals surface area contributed by atoms with Crippen LogP contribution in [0.3, 0.4) is 0 Å². The third kappa shape index (κ3) is 3.07. The van der Waals surface area contributed by atoms with Crippen molar-refractivity contribution < 1.29 is 9.21 Å². The first-order valence-corrected chi connectivity index (χ1v) is 9.03. The molecule has 27 heavy (non-hydrogen) atoms. The van der Waals surface area contributed by atoms with Crippen LogP contribution < -0.4 is 5.32 Å². The molecule has 1 N–H and O–H groups in total. The zero-order valence-electron chi connectivity index (χ0n) is 15.9. The molecule has 0 aliphatic heterocycles. The van der Waals surface area contributed by atoms with Crippen molar-refractivity contribution >= 4 is 33.6 Å². The number of fused-ring (bicyclic) bond motifs is 2. The summed E-state index contributed by atoms with van der Waals surface area (Å²) in [4.78, 5) is 17.0. The van der Waals surface area contributed by atoms with Gasteiger partial charge in [0.1, 0.15) is 5.58 Å². The molecule has 0 atom stereocenters. The maximum atomic E-state index is 12.5. The number of aryl methyl sites for hydroxylation is 2. The summed E-state index contributed by atoms with van der Waals surface area (Å²) in [5.41, 5.74) is 5.49. The summed E-state index contributed by atoms with van der Waals surface area (Å²) in [6, 6.07) is 6.20. The molecule has 6 heteroatoms. The van der Waals surface area contributed by atoms with Crippen LogP contribution in [0.1, 0.15) is 36.6 Å². The molecule has 6 nitrogen and oxygen atoms in total. The van der Waals surface area contributed by atoms with Crippen LogP contribution in [-0.4, -0.2) is 20.7 Å². The van der Waals surface area contributed by atoms with Gasteiger partial charge in [-0.15, -0.1) is 0 Å². The average molecular weight is 362 g/mol. The lowest BCUT2D eigenvalue weighted by Crippen LogP contribution is -2.14. The quantitative estimate of drug-likeness (QED) is 0.578. The van der Waals surface area contributed by atoms with Gasteiger partial charge in [-0.1, -0.05) is 12.1 Å². The highest BCUT2D eigenvalue weighted by Crippen LogP contribution is 2.27.